The van der Waals surface area contributed by atoms with Crippen LogP contribution in [-0.4, -0.2) is 26.7 Å². The van der Waals surface area contributed by atoms with Gasteiger partial charge in [-0.15, -0.1) is 0 Å². The van der Waals surface area contributed by atoms with Gasteiger partial charge in [-0.25, -0.2) is 4.39 Å². The molecular weight excluding hydrogens is 579 g/mol. The van der Waals surface area contributed by atoms with Crippen LogP contribution < -0.4 is 10.1 Å². The van der Waals surface area contributed by atoms with E-state index in [1.165, 1.54) is 12.1 Å². The van der Waals surface area contributed by atoms with Crippen molar-refractivity contribution in [3.63, 3.8) is 0 Å². The molecule has 2 amide bonds. The molecular formula is C38H29FN4O3. The van der Waals surface area contributed by atoms with Crippen molar-refractivity contribution < 1.29 is 18.7 Å². The van der Waals surface area contributed by atoms with Crippen molar-refractivity contribution in [3.8, 4) is 5.75 Å². The lowest BCUT2D eigenvalue weighted by molar-refractivity contribution is 0.0761. The summed E-state index contributed by atoms with van der Waals surface area (Å²) in [4.78, 5) is 38.8. The molecule has 0 fully saturated rings. The summed E-state index contributed by atoms with van der Waals surface area (Å²) in [5.74, 6) is -0.643. The van der Waals surface area contributed by atoms with E-state index in [1.807, 2.05) is 78.9 Å². The van der Waals surface area contributed by atoms with Gasteiger partial charge < -0.3 is 15.0 Å². The highest BCUT2D eigenvalue weighted by molar-refractivity contribution is 6.16. The quantitative estimate of drug-likeness (QED) is 0.191. The molecule has 0 unspecified atom stereocenters. The van der Waals surface area contributed by atoms with Gasteiger partial charge in [-0.1, -0.05) is 78.9 Å². The zero-order chi connectivity index (χ0) is 31.5. The number of hydrogen-bond donors (Lipinski definition) is 1. The van der Waals surface area contributed by atoms with Crippen LogP contribution in [0, 0.1) is 5.82 Å². The molecule has 7 rings (SSSR count). The van der Waals surface area contributed by atoms with E-state index in [4.69, 9.17) is 4.74 Å². The van der Waals surface area contributed by atoms with E-state index < -0.39 is 6.10 Å². The first-order chi connectivity index (χ1) is 22.6. The predicted molar refractivity (Wildman–Crippen MR) is 172 cm³/mol. The van der Waals surface area contributed by atoms with Gasteiger partial charge in [0, 0.05) is 49.2 Å². The van der Waals surface area contributed by atoms with E-state index >= 15 is 0 Å². The van der Waals surface area contributed by atoms with Crippen LogP contribution in [0.25, 0.3) is 10.9 Å². The molecule has 1 N–H and O–H groups in total. The second kappa shape index (κ2) is 12.6. The lowest BCUT2D eigenvalue weighted by atomic mass is 9.95. The Labute approximate surface area is 265 Å². The molecule has 0 aliphatic carbocycles. The standard InChI is InChI=1S/C38H29FN4O3/c39-29-15-13-26(14-16-29)23-43-24-31-32(37(44)42-22-25-17-20-40-21-18-25)30-12-7-19-41-34(30)36(33(31)38(43)45)46-35(27-8-3-1-4-9-27)28-10-5-2-6-11-28/h1-21,35H,22-24H2,(H,42,44). The summed E-state index contributed by atoms with van der Waals surface area (Å²) >= 11 is 0. The number of aromatic nitrogens is 2. The molecule has 1 aliphatic rings. The first-order valence-electron chi connectivity index (χ1n) is 15.0. The Morgan fingerprint density at radius 1 is 0.826 bits per heavy atom. The average Bonchev–Trinajstić information content (AvgIpc) is 3.42. The monoisotopic (exact) mass is 608 g/mol. The molecule has 1 aliphatic heterocycles. The number of hydrogen-bond acceptors (Lipinski definition) is 5. The zero-order valence-electron chi connectivity index (χ0n) is 24.8. The summed E-state index contributed by atoms with van der Waals surface area (Å²) in [6.07, 6.45) is 4.43. The Balaban J connectivity index is 1.37. The molecule has 3 heterocycles. The number of nitrogens with one attached hydrogen (secondary N) is 1. The third-order valence-electron chi connectivity index (χ3n) is 8.13. The molecule has 0 saturated heterocycles. The molecule has 7 nitrogen and oxygen atoms in total. The summed E-state index contributed by atoms with van der Waals surface area (Å²) in [5.41, 5.74) is 5.13. The predicted octanol–water partition coefficient (Wildman–Crippen LogP) is 7.02. The lowest BCUT2D eigenvalue weighted by Crippen LogP contribution is -2.25. The van der Waals surface area contributed by atoms with E-state index in [2.05, 4.69) is 15.3 Å². The summed E-state index contributed by atoms with van der Waals surface area (Å²) in [7, 11) is 0. The maximum absolute atomic E-state index is 14.3. The number of benzene rings is 4. The zero-order valence-corrected chi connectivity index (χ0v) is 24.8. The minimum absolute atomic E-state index is 0.173. The van der Waals surface area contributed by atoms with Crippen LogP contribution in [0.15, 0.2) is 128 Å². The smallest absolute Gasteiger partial charge is 0.258 e. The van der Waals surface area contributed by atoms with E-state index in [9.17, 15) is 14.0 Å². The van der Waals surface area contributed by atoms with Gasteiger partial charge in [-0.05, 0) is 52.6 Å². The molecule has 46 heavy (non-hydrogen) atoms. The van der Waals surface area contributed by atoms with Crippen LogP contribution in [0.3, 0.4) is 0 Å². The second-order valence-corrected chi connectivity index (χ2v) is 11.1. The van der Waals surface area contributed by atoms with Crippen LogP contribution in [0.4, 0.5) is 4.39 Å². The van der Waals surface area contributed by atoms with Crippen LogP contribution in [-0.2, 0) is 19.6 Å². The number of carbonyl (C=O) groups excluding carboxylic acids is 2. The van der Waals surface area contributed by atoms with E-state index in [0.717, 1.165) is 22.3 Å². The molecule has 226 valence electrons. The number of amides is 2. The van der Waals surface area contributed by atoms with E-state index in [-0.39, 0.29) is 37.3 Å². The van der Waals surface area contributed by atoms with Gasteiger partial charge in [-0.3, -0.25) is 19.6 Å². The van der Waals surface area contributed by atoms with Crippen molar-refractivity contribution in [1.29, 1.82) is 0 Å². The van der Waals surface area contributed by atoms with Crippen molar-refractivity contribution >= 4 is 22.7 Å². The minimum Gasteiger partial charge on any atom is -0.478 e. The van der Waals surface area contributed by atoms with Gasteiger partial charge in [0.2, 0.25) is 0 Å². The third kappa shape index (κ3) is 5.68. The summed E-state index contributed by atoms with van der Waals surface area (Å²) < 4.78 is 20.6. The van der Waals surface area contributed by atoms with Gasteiger partial charge >= 0.3 is 0 Å². The highest BCUT2D eigenvalue weighted by Crippen LogP contribution is 2.43. The van der Waals surface area contributed by atoms with Crippen molar-refractivity contribution in [1.82, 2.24) is 20.2 Å². The number of halogens is 1. The Kier molecular flexibility index (Phi) is 7.91. The molecule has 0 radical (unpaired) electrons. The molecule has 0 saturated carbocycles. The topological polar surface area (TPSA) is 84.4 Å². The number of pyridine rings is 2. The Hall–Kier alpha value is -5.89. The maximum atomic E-state index is 14.3. The fraction of sp³-hybridized carbons (Fsp3) is 0.105. The molecule has 2 aromatic heterocycles. The first-order valence-corrected chi connectivity index (χ1v) is 15.0. The van der Waals surface area contributed by atoms with Crippen LogP contribution in [0.2, 0.25) is 0 Å². The molecule has 0 spiro atoms. The van der Waals surface area contributed by atoms with Crippen LogP contribution in [0.5, 0.6) is 5.75 Å². The Morgan fingerprint density at radius 3 is 2.17 bits per heavy atom. The number of fused-ring (bicyclic) bond motifs is 2. The summed E-state index contributed by atoms with van der Waals surface area (Å²) in [6, 6.07) is 32.9. The van der Waals surface area contributed by atoms with E-state index in [0.29, 0.717) is 33.3 Å². The van der Waals surface area contributed by atoms with Crippen molar-refractivity contribution in [2.75, 3.05) is 0 Å². The van der Waals surface area contributed by atoms with Gasteiger partial charge in [0.25, 0.3) is 11.8 Å². The fourth-order valence-electron chi connectivity index (χ4n) is 5.92. The highest BCUT2D eigenvalue weighted by Gasteiger charge is 2.38. The fourth-order valence-corrected chi connectivity index (χ4v) is 5.92. The maximum Gasteiger partial charge on any atom is 0.258 e. The average molecular weight is 609 g/mol. The summed E-state index contributed by atoms with van der Waals surface area (Å²) in [6.45, 7) is 0.690. The normalized spacial score (nSPS) is 12.4. The van der Waals surface area contributed by atoms with Crippen molar-refractivity contribution in [3.05, 3.63) is 173 Å². The summed E-state index contributed by atoms with van der Waals surface area (Å²) in [5, 5.41) is 3.61. The number of ether oxygens (including phenoxy) is 1. The minimum atomic E-state index is -0.554. The SMILES string of the molecule is O=C(NCc1ccncc1)c1c2c(c(OC(c3ccccc3)c3ccccc3)c3ncccc13)C(=O)N(Cc1ccc(F)cc1)C2. The molecule has 6 aromatic rings. The number of nitrogens with zero attached hydrogens (tertiary/aromatic N) is 3. The Morgan fingerprint density at radius 2 is 1.50 bits per heavy atom. The molecule has 4 aromatic carbocycles. The third-order valence-corrected chi connectivity index (χ3v) is 8.13. The largest absolute Gasteiger partial charge is 0.478 e. The molecule has 8 heteroatoms. The highest BCUT2D eigenvalue weighted by atomic mass is 19.1. The Bertz CT molecular complexity index is 1980. The lowest BCUT2D eigenvalue weighted by Gasteiger charge is -2.23. The number of carbonyl (C=O) groups is 2. The van der Waals surface area contributed by atoms with Crippen LogP contribution >= 0.6 is 0 Å². The van der Waals surface area contributed by atoms with Crippen LogP contribution in [0.1, 0.15) is 54.6 Å². The van der Waals surface area contributed by atoms with Gasteiger partial charge in [0.05, 0.1) is 11.1 Å². The van der Waals surface area contributed by atoms with Crippen molar-refractivity contribution in [2.24, 2.45) is 0 Å². The second-order valence-electron chi connectivity index (χ2n) is 11.1. The molecule has 0 bridgehead atoms. The first kappa shape index (κ1) is 28.9. The van der Waals surface area contributed by atoms with Gasteiger partial charge in [0.1, 0.15) is 17.4 Å². The van der Waals surface area contributed by atoms with Crippen molar-refractivity contribution in [2.45, 2.75) is 25.7 Å². The number of rotatable bonds is 9. The molecule has 0 atom stereocenters. The van der Waals surface area contributed by atoms with Gasteiger partial charge in [-0.2, -0.15) is 0 Å². The van der Waals surface area contributed by atoms with Gasteiger partial charge in [0.15, 0.2) is 5.75 Å². The van der Waals surface area contributed by atoms with E-state index in [1.54, 1.807) is 41.7 Å².